The number of hydrogen-bond acceptors (Lipinski definition) is 3. The van der Waals surface area contributed by atoms with Gasteiger partial charge in [0.25, 0.3) is 0 Å². The number of allylic oxidation sites excluding steroid dienone is 1. The second kappa shape index (κ2) is 6.66. The summed E-state index contributed by atoms with van der Waals surface area (Å²) in [6.07, 6.45) is 1.53. The summed E-state index contributed by atoms with van der Waals surface area (Å²) in [5.41, 5.74) is 0.864. The van der Waals surface area contributed by atoms with Crippen LogP contribution in [-0.4, -0.2) is 11.9 Å². The first-order chi connectivity index (χ1) is 7.80. The van der Waals surface area contributed by atoms with Gasteiger partial charge in [0.15, 0.2) is 0 Å². The van der Waals surface area contributed by atoms with E-state index in [0.29, 0.717) is 6.61 Å². The Labute approximate surface area is 103 Å². The Morgan fingerprint density at radius 3 is 2.75 bits per heavy atom. The Morgan fingerprint density at radius 1 is 1.38 bits per heavy atom. The Kier molecular flexibility index (Phi) is 5.11. The van der Waals surface area contributed by atoms with Crippen molar-refractivity contribution in [2.75, 3.05) is 11.9 Å². The van der Waals surface area contributed by atoms with E-state index in [-0.39, 0.29) is 5.57 Å². The van der Waals surface area contributed by atoms with E-state index in [4.69, 9.17) is 15.3 Å². The van der Waals surface area contributed by atoms with Crippen molar-refractivity contribution in [1.82, 2.24) is 0 Å². The minimum absolute atomic E-state index is 0.0811. The quantitative estimate of drug-likeness (QED) is 0.628. The van der Waals surface area contributed by atoms with Gasteiger partial charge in [0, 0.05) is 5.33 Å². The maximum Gasteiger partial charge on any atom is 0.130 e. The second-order valence-electron chi connectivity index (χ2n) is 2.89. The summed E-state index contributed by atoms with van der Waals surface area (Å²) in [4.78, 5) is 0. The lowest BCUT2D eigenvalue weighted by atomic mass is 10.1. The zero-order chi connectivity index (χ0) is 11.8. The van der Waals surface area contributed by atoms with Crippen LogP contribution in [0.5, 0.6) is 5.75 Å². The fraction of sp³-hybridized carbons (Fsp3) is 0.167. The van der Waals surface area contributed by atoms with Gasteiger partial charge in [-0.2, -0.15) is 10.5 Å². The summed E-state index contributed by atoms with van der Waals surface area (Å²) in [6.45, 7) is 0.580. The molecule has 0 spiro atoms. The number of rotatable bonds is 4. The lowest BCUT2D eigenvalue weighted by molar-refractivity contribution is 0.345. The van der Waals surface area contributed by atoms with Crippen LogP contribution >= 0.6 is 15.9 Å². The summed E-state index contributed by atoms with van der Waals surface area (Å²) in [7, 11) is 0. The van der Waals surface area contributed by atoms with Gasteiger partial charge >= 0.3 is 0 Å². The summed E-state index contributed by atoms with van der Waals surface area (Å²) in [6, 6.07) is 10.9. The fourth-order valence-electron chi connectivity index (χ4n) is 1.11. The molecule has 0 N–H and O–H groups in total. The van der Waals surface area contributed by atoms with Crippen LogP contribution in [0.1, 0.15) is 5.56 Å². The highest BCUT2D eigenvalue weighted by atomic mass is 79.9. The van der Waals surface area contributed by atoms with Gasteiger partial charge in [-0.25, -0.2) is 0 Å². The molecule has 0 aliphatic rings. The van der Waals surface area contributed by atoms with Crippen molar-refractivity contribution in [1.29, 1.82) is 10.5 Å². The average Bonchev–Trinajstić information content (AvgIpc) is 2.34. The number of benzene rings is 1. The van der Waals surface area contributed by atoms with Crippen LogP contribution in [0, 0.1) is 22.7 Å². The first-order valence-electron chi connectivity index (χ1n) is 4.61. The van der Waals surface area contributed by atoms with Crippen LogP contribution in [0.2, 0.25) is 0 Å². The van der Waals surface area contributed by atoms with E-state index in [0.717, 1.165) is 16.6 Å². The molecule has 0 atom stereocenters. The van der Waals surface area contributed by atoms with E-state index in [1.807, 2.05) is 30.3 Å². The van der Waals surface area contributed by atoms with Gasteiger partial charge in [0.2, 0.25) is 0 Å². The third-order valence-electron chi connectivity index (χ3n) is 1.76. The molecule has 3 nitrogen and oxygen atoms in total. The zero-order valence-corrected chi connectivity index (χ0v) is 10.1. The van der Waals surface area contributed by atoms with E-state index in [1.54, 1.807) is 6.07 Å². The van der Waals surface area contributed by atoms with Crippen molar-refractivity contribution < 1.29 is 4.74 Å². The smallest absolute Gasteiger partial charge is 0.130 e. The monoisotopic (exact) mass is 276 g/mol. The Morgan fingerprint density at radius 2 is 2.12 bits per heavy atom. The van der Waals surface area contributed by atoms with Gasteiger partial charge in [-0.15, -0.1) is 0 Å². The minimum Gasteiger partial charge on any atom is -0.493 e. The number of halogens is 1. The predicted molar refractivity (Wildman–Crippen MR) is 64.9 cm³/mol. The van der Waals surface area contributed by atoms with Gasteiger partial charge in [-0.1, -0.05) is 28.1 Å². The maximum absolute atomic E-state index is 8.62. The van der Waals surface area contributed by atoms with Crippen LogP contribution in [0.4, 0.5) is 0 Å². The molecule has 0 saturated heterocycles. The first-order valence-corrected chi connectivity index (χ1v) is 5.73. The molecule has 0 aromatic heterocycles. The summed E-state index contributed by atoms with van der Waals surface area (Å²) >= 11 is 3.27. The number of ether oxygens (including phenoxy) is 1. The zero-order valence-electron chi connectivity index (χ0n) is 8.48. The van der Waals surface area contributed by atoms with Crippen LogP contribution < -0.4 is 4.74 Å². The predicted octanol–water partition coefficient (Wildman–Crippen LogP) is 2.89. The average molecular weight is 277 g/mol. The summed E-state index contributed by atoms with van der Waals surface area (Å²) in [5.74, 6) is 0.725. The highest BCUT2D eigenvalue weighted by Gasteiger charge is 1.97. The Balaban J connectivity index is 2.88. The lowest BCUT2D eigenvalue weighted by Gasteiger charge is -2.04. The molecule has 0 aliphatic carbocycles. The molecule has 1 aromatic carbocycles. The molecule has 0 bridgehead atoms. The molecular formula is C12H9BrN2O. The van der Waals surface area contributed by atoms with Crippen molar-refractivity contribution in [2.24, 2.45) is 0 Å². The van der Waals surface area contributed by atoms with Gasteiger partial charge in [0.1, 0.15) is 23.5 Å². The van der Waals surface area contributed by atoms with E-state index in [9.17, 15) is 0 Å². The Hall–Kier alpha value is -1.78. The highest BCUT2D eigenvalue weighted by Crippen LogP contribution is 2.15. The molecule has 0 unspecified atom stereocenters. The van der Waals surface area contributed by atoms with Crippen molar-refractivity contribution in [3.63, 3.8) is 0 Å². The minimum atomic E-state index is 0.0811. The molecule has 16 heavy (non-hydrogen) atoms. The number of nitrogens with zero attached hydrogens (tertiary/aromatic N) is 2. The molecule has 4 heteroatoms. The van der Waals surface area contributed by atoms with Gasteiger partial charge in [-0.05, 0) is 23.8 Å². The van der Waals surface area contributed by atoms with Crippen molar-refractivity contribution >= 4 is 22.0 Å². The standard InChI is InChI=1S/C12H9BrN2O/c13-4-5-16-12-3-1-2-10(7-12)6-11(8-14)9-15/h1-3,6-7H,4-5H2. The molecule has 80 valence electrons. The molecule has 1 aromatic rings. The van der Waals surface area contributed by atoms with E-state index >= 15 is 0 Å². The van der Waals surface area contributed by atoms with Crippen LogP contribution in [0.25, 0.3) is 6.08 Å². The Bertz CT molecular complexity index is 453. The lowest BCUT2D eigenvalue weighted by Crippen LogP contribution is -1.97. The van der Waals surface area contributed by atoms with Crippen LogP contribution in [0.3, 0.4) is 0 Å². The first kappa shape index (κ1) is 12.3. The van der Waals surface area contributed by atoms with Gasteiger partial charge < -0.3 is 4.74 Å². The number of nitriles is 2. The van der Waals surface area contributed by atoms with Crippen LogP contribution in [-0.2, 0) is 0 Å². The van der Waals surface area contributed by atoms with E-state index < -0.39 is 0 Å². The van der Waals surface area contributed by atoms with E-state index in [2.05, 4.69) is 15.9 Å². The molecule has 0 fully saturated rings. The molecule has 0 aliphatic heterocycles. The van der Waals surface area contributed by atoms with Gasteiger partial charge in [-0.3, -0.25) is 0 Å². The molecule has 1 rings (SSSR count). The molecule has 0 saturated carbocycles. The van der Waals surface area contributed by atoms with Crippen molar-refractivity contribution in [3.8, 4) is 17.9 Å². The number of alkyl halides is 1. The third-order valence-corrected chi connectivity index (χ3v) is 2.08. The largest absolute Gasteiger partial charge is 0.493 e. The summed E-state index contributed by atoms with van der Waals surface area (Å²) in [5, 5.41) is 18.0. The van der Waals surface area contributed by atoms with Crippen molar-refractivity contribution in [3.05, 3.63) is 35.4 Å². The normalized spacial score (nSPS) is 8.69. The summed E-state index contributed by atoms with van der Waals surface area (Å²) < 4.78 is 5.40. The molecular weight excluding hydrogens is 268 g/mol. The van der Waals surface area contributed by atoms with Gasteiger partial charge in [0.05, 0.1) is 6.61 Å². The number of hydrogen-bond donors (Lipinski definition) is 0. The fourth-order valence-corrected chi connectivity index (χ4v) is 1.27. The molecule has 0 heterocycles. The molecule has 0 amide bonds. The van der Waals surface area contributed by atoms with Crippen molar-refractivity contribution in [2.45, 2.75) is 0 Å². The third kappa shape index (κ3) is 3.76. The highest BCUT2D eigenvalue weighted by molar-refractivity contribution is 9.09. The maximum atomic E-state index is 8.62. The second-order valence-corrected chi connectivity index (χ2v) is 3.68. The molecule has 0 radical (unpaired) electrons. The van der Waals surface area contributed by atoms with E-state index in [1.165, 1.54) is 6.08 Å². The van der Waals surface area contributed by atoms with Crippen LogP contribution in [0.15, 0.2) is 29.8 Å². The SMILES string of the molecule is N#CC(C#N)=Cc1cccc(OCCBr)c1. The topological polar surface area (TPSA) is 56.8 Å².